The van der Waals surface area contributed by atoms with Gasteiger partial charge in [0.2, 0.25) is 0 Å². The van der Waals surface area contributed by atoms with Crippen LogP contribution in [0.15, 0.2) is 12.2 Å². The van der Waals surface area contributed by atoms with Crippen molar-refractivity contribution < 1.29 is 33.7 Å². The van der Waals surface area contributed by atoms with E-state index in [0.29, 0.717) is 26.3 Å². The summed E-state index contributed by atoms with van der Waals surface area (Å²) in [5, 5.41) is 9.91. The second-order valence-electron chi connectivity index (χ2n) is 3.60. The summed E-state index contributed by atoms with van der Waals surface area (Å²) in [6.07, 6.45) is 1.92. The summed E-state index contributed by atoms with van der Waals surface area (Å²) in [6, 6.07) is 0. The molecular weight excluding hydrogens is 230 g/mol. The van der Waals surface area contributed by atoms with Crippen LogP contribution in [-0.4, -0.2) is 61.9 Å². The molecule has 0 aliphatic carbocycles. The molecule has 0 atom stereocenters. The molecule has 1 fully saturated rings. The predicted octanol–water partition coefficient (Wildman–Crippen LogP) is -0.547. The van der Waals surface area contributed by atoms with Gasteiger partial charge in [0.05, 0.1) is 20.3 Å². The zero-order valence-corrected chi connectivity index (χ0v) is 9.63. The van der Waals surface area contributed by atoms with Crippen LogP contribution in [0.1, 0.15) is 0 Å². The first-order valence-electron chi connectivity index (χ1n) is 5.15. The molecule has 17 heavy (non-hydrogen) atoms. The Labute approximate surface area is 98.7 Å². The Morgan fingerprint density at radius 3 is 2.47 bits per heavy atom. The van der Waals surface area contributed by atoms with Crippen molar-refractivity contribution in [3.63, 3.8) is 0 Å². The molecular formula is C10H16NO6+. The maximum Gasteiger partial charge on any atom is 0.335 e. The van der Waals surface area contributed by atoms with Crippen LogP contribution in [0.2, 0.25) is 0 Å². The van der Waals surface area contributed by atoms with Crippen LogP contribution in [0.3, 0.4) is 0 Å². The highest BCUT2D eigenvalue weighted by Crippen LogP contribution is 2.06. The minimum absolute atomic E-state index is 0.159. The van der Waals surface area contributed by atoms with Crippen LogP contribution in [-0.2, 0) is 23.8 Å². The first-order valence-corrected chi connectivity index (χ1v) is 5.15. The topological polar surface area (TPSA) is 82.1 Å². The second-order valence-corrected chi connectivity index (χ2v) is 3.60. The molecule has 96 valence electrons. The average Bonchev–Trinajstić information content (AvgIpc) is 2.34. The van der Waals surface area contributed by atoms with E-state index >= 15 is 0 Å². The lowest BCUT2D eigenvalue weighted by Gasteiger charge is -2.31. The molecule has 0 aromatic heterocycles. The third-order valence-corrected chi connectivity index (χ3v) is 2.31. The van der Waals surface area contributed by atoms with Gasteiger partial charge in [0.15, 0.2) is 0 Å². The standard InChI is InChI=1S/C10H16NO6/c1-15-9(12)2-3-10(13)17-8-11(14)4-6-16-7-5-11/h2-3,14H,4-8H2,1H3/q+1/b3-2+. The molecule has 0 amide bonds. The fraction of sp³-hybridized carbons (Fsp3) is 0.600. The number of quaternary nitrogens is 1. The molecule has 0 spiro atoms. The Kier molecular flexibility index (Phi) is 5.08. The van der Waals surface area contributed by atoms with E-state index in [9.17, 15) is 14.8 Å². The van der Waals surface area contributed by atoms with E-state index < -0.39 is 11.9 Å². The van der Waals surface area contributed by atoms with Crippen LogP contribution in [0, 0.1) is 0 Å². The monoisotopic (exact) mass is 246 g/mol. The number of nitrogens with zero attached hydrogens (tertiary/aromatic N) is 1. The number of ether oxygens (including phenoxy) is 3. The molecule has 7 heteroatoms. The van der Waals surface area contributed by atoms with Crippen LogP contribution in [0.4, 0.5) is 0 Å². The van der Waals surface area contributed by atoms with Crippen molar-refractivity contribution in [2.45, 2.75) is 0 Å². The number of esters is 2. The maximum absolute atomic E-state index is 11.2. The zero-order chi connectivity index (χ0) is 12.7. The third kappa shape index (κ3) is 4.94. The minimum Gasteiger partial charge on any atom is -0.466 e. The Morgan fingerprint density at radius 1 is 1.29 bits per heavy atom. The first-order chi connectivity index (χ1) is 8.06. The van der Waals surface area contributed by atoms with Crippen molar-refractivity contribution in [2.75, 3.05) is 40.1 Å². The van der Waals surface area contributed by atoms with Gasteiger partial charge in [-0.2, -0.15) is 0 Å². The van der Waals surface area contributed by atoms with Gasteiger partial charge in [-0.15, -0.1) is 4.65 Å². The van der Waals surface area contributed by atoms with E-state index in [0.717, 1.165) is 12.2 Å². The SMILES string of the molecule is COC(=O)/C=C/C(=O)OC[N+]1(O)CCOCC1. The predicted molar refractivity (Wildman–Crippen MR) is 54.7 cm³/mol. The molecule has 1 aliphatic heterocycles. The van der Waals surface area contributed by atoms with E-state index in [1.165, 1.54) is 7.11 Å². The molecule has 7 nitrogen and oxygen atoms in total. The van der Waals surface area contributed by atoms with E-state index in [1.807, 2.05) is 0 Å². The van der Waals surface area contributed by atoms with Crippen LogP contribution >= 0.6 is 0 Å². The largest absolute Gasteiger partial charge is 0.466 e. The summed E-state index contributed by atoms with van der Waals surface area (Å²) in [4.78, 5) is 21.9. The molecule has 0 aromatic carbocycles. The van der Waals surface area contributed by atoms with Gasteiger partial charge in [-0.3, -0.25) is 0 Å². The summed E-state index contributed by atoms with van der Waals surface area (Å²) < 4.78 is 13.8. The molecule has 0 bridgehead atoms. The fourth-order valence-electron chi connectivity index (χ4n) is 1.25. The summed E-state index contributed by atoms with van der Waals surface area (Å²) in [5.41, 5.74) is 0. The van der Waals surface area contributed by atoms with Crippen LogP contribution in [0.5, 0.6) is 0 Å². The lowest BCUT2D eigenvalue weighted by atomic mass is 10.4. The number of carbonyl (C=O) groups excluding carboxylic acids is 2. The van der Waals surface area contributed by atoms with Crippen molar-refractivity contribution in [3.8, 4) is 0 Å². The molecule has 1 aliphatic rings. The number of hydrogen-bond donors (Lipinski definition) is 1. The number of methoxy groups -OCH3 is 1. The van der Waals surface area contributed by atoms with Crippen molar-refractivity contribution in [2.24, 2.45) is 0 Å². The average molecular weight is 246 g/mol. The number of carbonyl (C=O) groups is 2. The molecule has 0 radical (unpaired) electrons. The van der Waals surface area contributed by atoms with Crippen molar-refractivity contribution >= 4 is 11.9 Å². The quantitative estimate of drug-likeness (QED) is 0.407. The number of morpholine rings is 1. The van der Waals surface area contributed by atoms with Gasteiger partial charge in [0.1, 0.15) is 13.1 Å². The van der Waals surface area contributed by atoms with Crippen molar-refractivity contribution in [1.82, 2.24) is 0 Å². The van der Waals surface area contributed by atoms with Gasteiger partial charge >= 0.3 is 11.9 Å². The molecule has 1 heterocycles. The van der Waals surface area contributed by atoms with Gasteiger partial charge in [-0.25, -0.2) is 14.8 Å². The highest BCUT2D eigenvalue weighted by atomic mass is 16.6. The van der Waals surface area contributed by atoms with Crippen molar-refractivity contribution in [1.29, 1.82) is 0 Å². The van der Waals surface area contributed by atoms with E-state index in [2.05, 4.69) is 4.74 Å². The maximum atomic E-state index is 11.2. The third-order valence-electron chi connectivity index (χ3n) is 2.31. The van der Waals surface area contributed by atoms with E-state index in [1.54, 1.807) is 0 Å². The van der Waals surface area contributed by atoms with Gasteiger partial charge in [0.25, 0.3) is 6.73 Å². The summed E-state index contributed by atoms with van der Waals surface area (Å²) in [7, 11) is 1.21. The Bertz CT molecular complexity index is 308. The Morgan fingerprint density at radius 2 is 1.88 bits per heavy atom. The lowest BCUT2D eigenvalue weighted by Crippen LogP contribution is -2.53. The highest BCUT2D eigenvalue weighted by molar-refractivity contribution is 5.91. The smallest absolute Gasteiger partial charge is 0.335 e. The molecule has 0 unspecified atom stereocenters. The second kappa shape index (κ2) is 6.33. The van der Waals surface area contributed by atoms with Gasteiger partial charge in [-0.1, -0.05) is 0 Å². The Hall–Kier alpha value is -1.44. The molecule has 1 rings (SSSR count). The molecule has 1 N–H and O–H groups in total. The molecule has 0 aromatic rings. The summed E-state index contributed by atoms with van der Waals surface area (Å²) in [5.74, 6) is -1.34. The minimum atomic E-state index is -0.701. The fourth-order valence-corrected chi connectivity index (χ4v) is 1.25. The van der Waals surface area contributed by atoms with Crippen LogP contribution < -0.4 is 0 Å². The summed E-state index contributed by atoms with van der Waals surface area (Å²) in [6.45, 7) is 1.42. The number of hydrogen-bond acceptors (Lipinski definition) is 6. The lowest BCUT2D eigenvalue weighted by molar-refractivity contribution is -1.12. The van der Waals surface area contributed by atoms with Gasteiger partial charge in [0, 0.05) is 12.2 Å². The van der Waals surface area contributed by atoms with Gasteiger partial charge in [-0.05, 0) is 0 Å². The Balaban J connectivity index is 2.32. The van der Waals surface area contributed by atoms with Crippen LogP contribution in [0.25, 0.3) is 0 Å². The number of rotatable bonds is 4. The number of hydroxylamine groups is 3. The normalized spacial score (nSPS) is 18.9. The van der Waals surface area contributed by atoms with E-state index in [-0.39, 0.29) is 11.4 Å². The molecule has 0 saturated carbocycles. The van der Waals surface area contributed by atoms with Gasteiger partial charge < -0.3 is 14.2 Å². The first kappa shape index (κ1) is 13.6. The highest BCUT2D eigenvalue weighted by Gasteiger charge is 2.30. The summed E-state index contributed by atoms with van der Waals surface area (Å²) >= 11 is 0. The molecule has 1 saturated heterocycles. The zero-order valence-electron chi connectivity index (χ0n) is 9.63. The van der Waals surface area contributed by atoms with Crippen molar-refractivity contribution in [3.05, 3.63) is 12.2 Å². The van der Waals surface area contributed by atoms with E-state index in [4.69, 9.17) is 9.47 Å².